The minimum Gasteiger partial charge on any atom is -0.493 e. The fraction of sp³-hybridized carbons (Fsp3) is 0.475. The summed E-state index contributed by atoms with van der Waals surface area (Å²) in [6, 6.07) is 32.3. The molecule has 3 atom stereocenters. The number of Topliss-reactive ketones (excluding diaryl/α,β-unsaturated/α-hetero) is 1. The van der Waals surface area contributed by atoms with E-state index in [9.17, 15) is 22.6 Å². The Morgan fingerprint density at radius 3 is 2.12 bits per heavy atom. The van der Waals surface area contributed by atoms with Gasteiger partial charge in [0.2, 0.25) is 0 Å². The zero-order valence-electron chi connectivity index (χ0n) is 45.9. The number of benzene rings is 5. The van der Waals surface area contributed by atoms with Crippen molar-refractivity contribution in [1.29, 1.82) is 0 Å². The van der Waals surface area contributed by atoms with Crippen LogP contribution in [0.4, 0.5) is 17.1 Å². The Hall–Kier alpha value is -5.27. The van der Waals surface area contributed by atoms with Gasteiger partial charge in [-0.1, -0.05) is 64.9 Å². The van der Waals surface area contributed by atoms with Crippen LogP contribution in [0.2, 0.25) is 0 Å². The molecular weight excluding hydrogens is 1050 g/mol. The van der Waals surface area contributed by atoms with Crippen LogP contribution in [0.3, 0.4) is 0 Å². The quantitative estimate of drug-likeness (QED) is 0.0301. The highest BCUT2D eigenvalue weighted by molar-refractivity contribution is 8.77. The van der Waals surface area contributed by atoms with E-state index in [0.717, 1.165) is 90.0 Å². The average Bonchev–Trinajstić information content (AvgIpc) is 3.98. The van der Waals surface area contributed by atoms with E-state index in [1.165, 1.54) is 38.7 Å². The van der Waals surface area contributed by atoms with E-state index in [4.69, 9.17) is 28.4 Å². The molecule has 14 nitrogen and oxygen atoms in total. The van der Waals surface area contributed by atoms with E-state index in [0.29, 0.717) is 69.4 Å². The molecule has 0 saturated carbocycles. The third kappa shape index (κ3) is 13.8. The van der Waals surface area contributed by atoms with Crippen LogP contribution in [0.15, 0.2) is 91.0 Å². The van der Waals surface area contributed by atoms with Crippen molar-refractivity contribution in [3.63, 3.8) is 0 Å². The van der Waals surface area contributed by atoms with Crippen LogP contribution in [0.1, 0.15) is 101 Å². The predicted octanol–water partition coefficient (Wildman–Crippen LogP) is 10.8. The number of methoxy groups -OCH3 is 2. The highest BCUT2D eigenvalue weighted by atomic mass is 33.1. The van der Waals surface area contributed by atoms with Gasteiger partial charge in [0.15, 0.2) is 17.3 Å². The zero-order chi connectivity index (χ0) is 55.0. The number of rotatable bonds is 27. The summed E-state index contributed by atoms with van der Waals surface area (Å²) in [4.78, 5) is 33.6. The molecule has 78 heavy (non-hydrogen) atoms. The van der Waals surface area contributed by atoms with Crippen molar-refractivity contribution < 1.29 is 51.0 Å². The standard InChI is InChI=1S/C61H75N3O11S3/c1-7-55(65)59(78(67,68)69)20-27-76-77-61(3,4)40-62(21-22-72-25-26-73-24-23-70-5)51-30-42(38-74-56-35-45-17-19-50-33-47-13-9-11-15-54(47)64(50)60(66)52(45)28-41(56)2)29-43(31-51)39-75-58-34-44-16-18-49-32-46-12-8-10-14-53(46)63(49)37-48(44)36-57(58)71-6/h8-15,28-31,34-36,49-50,59H,7,16-27,32-33,37-40H2,1-6H3,(H,67,68,69)/t49-,50-,59?/m1/s1. The monoisotopic (exact) mass is 1120 g/mol. The molecule has 1 unspecified atom stereocenters. The highest BCUT2D eigenvalue weighted by Gasteiger charge is 2.38. The van der Waals surface area contributed by atoms with E-state index in [1.807, 2.05) is 30.0 Å². The lowest BCUT2D eigenvalue weighted by atomic mass is 9.98. The maximum absolute atomic E-state index is 14.3. The van der Waals surface area contributed by atoms with Crippen LogP contribution in [0, 0.1) is 6.92 Å². The first-order valence-corrected chi connectivity index (χ1v) is 31.1. The SMILES string of the molecule is CCC(=O)C(CCSSC(C)(C)CN(CCOCCOCCOC)c1cc(COc2cc3c(cc2C)C(=O)N2c4ccccc4C[C@H]2CC3)cc(COc2cc3c(cc2OC)CN2c4ccccc4C[C@H]2CC3)c1)S(=O)(=O)O. The summed E-state index contributed by atoms with van der Waals surface area (Å²) in [5.74, 6) is 2.00. The number of para-hydroxylation sites is 2. The topological polar surface area (TPSA) is 154 Å². The van der Waals surface area contributed by atoms with Gasteiger partial charge in [-0.25, -0.2) is 0 Å². The van der Waals surface area contributed by atoms with Crippen molar-refractivity contribution in [1.82, 2.24) is 0 Å². The third-order valence-electron chi connectivity index (χ3n) is 15.3. The minimum atomic E-state index is -4.52. The molecule has 9 rings (SSSR count). The number of aryl methyl sites for hydroxylation is 3. The summed E-state index contributed by atoms with van der Waals surface area (Å²) in [6.07, 6.45) is 5.56. The Balaban J connectivity index is 0.983. The fourth-order valence-corrected chi connectivity index (χ4v) is 15.1. The number of ether oxygens (including phenoxy) is 6. The Bertz CT molecular complexity index is 3040. The molecule has 4 heterocycles. The average molecular weight is 1120 g/mol. The van der Waals surface area contributed by atoms with Crippen LogP contribution >= 0.6 is 21.6 Å². The van der Waals surface area contributed by atoms with Gasteiger partial charge in [-0.2, -0.15) is 8.42 Å². The summed E-state index contributed by atoms with van der Waals surface area (Å²) in [7, 11) is 1.91. The molecule has 0 radical (unpaired) electrons. The van der Waals surface area contributed by atoms with Gasteiger partial charge in [-0.15, -0.1) is 0 Å². The number of carbonyl (C=O) groups is 2. The Kier molecular flexibility index (Phi) is 19.1. The first-order chi connectivity index (χ1) is 37.6. The number of hydrogen-bond donors (Lipinski definition) is 1. The largest absolute Gasteiger partial charge is 0.493 e. The van der Waals surface area contributed by atoms with E-state index >= 15 is 0 Å². The Morgan fingerprint density at radius 2 is 1.40 bits per heavy atom. The van der Waals surface area contributed by atoms with Gasteiger partial charge in [0.05, 0.1) is 40.1 Å². The second-order valence-corrected chi connectivity index (χ2v) is 26.1. The lowest BCUT2D eigenvalue weighted by Crippen LogP contribution is -2.38. The normalized spacial score (nSPS) is 17.0. The second kappa shape index (κ2) is 25.9. The van der Waals surface area contributed by atoms with Gasteiger partial charge in [0.1, 0.15) is 24.2 Å². The van der Waals surface area contributed by atoms with E-state index < -0.39 is 21.2 Å². The third-order valence-corrected chi connectivity index (χ3v) is 19.9. The lowest BCUT2D eigenvalue weighted by Gasteiger charge is -2.34. The summed E-state index contributed by atoms with van der Waals surface area (Å²) in [5, 5.41) is -1.44. The summed E-state index contributed by atoms with van der Waals surface area (Å²) in [6.45, 7) is 12.5. The molecule has 17 heteroatoms. The summed E-state index contributed by atoms with van der Waals surface area (Å²) < 4.78 is 70.3. The van der Waals surface area contributed by atoms with Crippen molar-refractivity contribution in [3.05, 3.63) is 141 Å². The number of ketones is 1. The molecule has 5 aromatic carbocycles. The van der Waals surface area contributed by atoms with Crippen LogP contribution in [-0.2, 0) is 74.6 Å². The predicted molar refractivity (Wildman–Crippen MR) is 312 cm³/mol. The molecule has 418 valence electrons. The van der Waals surface area contributed by atoms with Crippen molar-refractivity contribution in [2.75, 3.05) is 80.8 Å². The molecule has 4 aliphatic heterocycles. The van der Waals surface area contributed by atoms with Crippen LogP contribution in [0.25, 0.3) is 0 Å². The van der Waals surface area contributed by atoms with E-state index in [1.54, 1.807) is 31.9 Å². The lowest BCUT2D eigenvalue weighted by molar-refractivity contribution is -0.118. The molecule has 0 aliphatic carbocycles. The second-order valence-electron chi connectivity index (χ2n) is 21.4. The number of anilines is 3. The van der Waals surface area contributed by atoms with Crippen molar-refractivity contribution >= 4 is 60.5 Å². The number of carbonyl (C=O) groups excluding carboxylic acids is 2. The summed E-state index contributed by atoms with van der Waals surface area (Å²) >= 11 is 0. The van der Waals surface area contributed by atoms with Crippen molar-refractivity contribution in [2.24, 2.45) is 0 Å². The van der Waals surface area contributed by atoms with E-state index in [-0.39, 0.29) is 42.8 Å². The molecule has 1 amide bonds. The van der Waals surface area contributed by atoms with Gasteiger partial charge in [0.25, 0.3) is 16.0 Å². The molecular formula is C61H75N3O11S3. The molecule has 0 aromatic heterocycles. The van der Waals surface area contributed by atoms with Crippen LogP contribution in [0.5, 0.6) is 17.2 Å². The molecule has 0 bridgehead atoms. The summed E-state index contributed by atoms with van der Waals surface area (Å²) in [5.41, 5.74) is 12.9. The fourth-order valence-electron chi connectivity index (χ4n) is 11.4. The number of hydrogen-bond acceptors (Lipinski definition) is 14. The van der Waals surface area contributed by atoms with Crippen molar-refractivity contribution in [3.8, 4) is 17.2 Å². The molecule has 0 fully saturated rings. The van der Waals surface area contributed by atoms with Crippen LogP contribution in [-0.4, -0.2) is 113 Å². The first-order valence-electron chi connectivity index (χ1n) is 27.3. The smallest absolute Gasteiger partial charge is 0.275 e. The van der Waals surface area contributed by atoms with Crippen molar-refractivity contribution in [2.45, 2.75) is 121 Å². The zero-order valence-corrected chi connectivity index (χ0v) is 48.4. The van der Waals surface area contributed by atoms with Crippen LogP contribution < -0.4 is 28.9 Å². The van der Waals surface area contributed by atoms with Gasteiger partial charge < -0.3 is 43.1 Å². The molecule has 0 spiro atoms. The van der Waals surface area contributed by atoms with Gasteiger partial charge in [0, 0.05) is 78.4 Å². The first kappa shape index (κ1) is 57.4. The maximum Gasteiger partial charge on any atom is 0.275 e. The van der Waals surface area contributed by atoms with Gasteiger partial charge >= 0.3 is 0 Å². The minimum absolute atomic E-state index is 0.0185. The number of nitrogens with zero attached hydrogens (tertiary/aromatic N) is 3. The highest BCUT2D eigenvalue weighted by Crippen LogP contribution is 2.43. The van der Waals surface area contributed by atoms with E-state index in [2.05, 4.69) is 96.4 Å². The maximum atomic E-state index is 14.3. The van der Waals surface area contributed by atoms with Gasteiger partial charge in [-0.05, 0) is 165 Å². The Morgan fingerprint density at radius 1 is 0.769 bits per heavy atom. The molecule has 4 aliphatic rings. The van der Waals surface area contributed by atoms with Gasteiger partial charge in [-0.3, -0.25) is 14.1 Å². The number of fused-ring (bicyclic) bond motifs is 8. The number of amides is 1. The molecule has 1 N–H and O–H groups in total. The Labute approximate surface area is 469 Å². The molecule has 5 aromatic rings. The molecule has 0 saturated heterocycles.